The van der Waals surface area contributed by atoms with Gasteiger partial charge in [0.1, 0.15) is 23.8 Å². The number of aromatic nitrogens is 4. The normalized spacial score (nSPS) is 14.5. The summed E-state index contributed by atoms with van der Waals surface area (Å²) < 4.78 is 2.15. The zero-order valence-corrected chi connectivity index (χ0v) is 9.24. The predicted octanol–water partition coefficient (Wildman–Crippen LogP) is -0.0211. The lowest BCUT2D eigenvalue weighted by Crippen LogP contribution is -2.34. The first-order chi connectivity index (χ1) is 8.36. The van der Waals surface area contributed by atoms with Crippen LogP contribution in [0, 0.1) is 0 Å². The lowest BCUT2D eigenvalue weighted by atomic mass is 10.3. The van der Waals surface area contributed by atoms with Gasteiger partial charge in [0.05, 0.1) is 6.54 Å². The molecule has 0 fully saturated rings. The maximum atomic E-state index is 5.33. The van der Waals surface area contributed by atoms with Crippen molar-refractivity contribution in [3.63, 3.8) is 0 Å². The second kappa shape index (κ2) is 4.02. The maximum Gasteiger partial charge on any atom is 0.145 e. The molecule has 0 aliphatic carbocycles. The molecule has 0 radical (unpaired) electrons. The van der Waals surface area contributed by atoms with Crippen molar-refractivity contribution in [2.75, 3.05) is 16.9 Å². The van der Waals surface area contributed by atoms with Crippen LogP contribution < -0.4 is 16.2 Å². The summed E-state index contributed by atoms with van der Waals surface area (Å²) in [6, 6.07) is 1.83. The summed E-state index contributed by atoms with van der Waals surface area (Å²) in [6.45, 7) is 2.59. The van der Waals surface area contributed by atoms with E-state index in [4.69, 9.17) is 5.84 Å². The van der Waals surface area contributed by atoms with Crippen molar-refractivity contribution in [2.24, 2.45) is 5.84 Å². The SMILES string of the molecule is NNc1cc(N2CCn3ccnc3C2)ncn1. The largest absolute Gasteiger partial charge is 0.347 e. The summed E-state index contributed by atoms with van der Waals surface area (Å²) in [5.74, 6) is 7.86. The van der Waals surface area contributed by atoms with Gasteiger partial charge in [-0.1, -0.05) is 0 Å². The lowest BCUT2D eigenvalue weighted by Gasteiger charge is -2.28. The minimum absolute atomic E-state index is 0.615. The molecular formula is C10H13N7. The maximum absolute atomic E-state index is 5.33. The molecule has 3 rings (SSSR count). The van der Waals surface area contributed by atoms with E-state index in [1.54, 1.807) is 0 Å². The van der Waals surface area contributed by atoms with Gasteiger partial charge in [0, 0.05) is 31.5 Å². The van der Waals surface area contributed by atoms with E-state index in [0.29, 0.717) is 5.82 Å². The number of hydrazine groups is 1. The molecule has 88 valence electrons. The van der Waals surface area contributed by atoms with Crippen LogP contribution in [0.15, 0.2) is 24.8 Å². The Labute approximate surface area is 98.3 Å². The highest BCUT2D eigenvalue weighted by Gasteiger charge is 2.17. The predicted molar refractivity (Wildman–Crippen MR) is 63.1 cm³/mol. The van der Waals surface area contributed by atoms with E-state index in [1.807, 2.05) is 18.5 Å². The number of rotatable bonds is 2. The van der Waals surface area contributed by atoms with E-state index >= 15 is 0 Å². The third-order valence-corrected chi connectivity index (χ3v) is 2.87. The van der Waals surface area contributed by atoms with Crippen LogP contribution in [0.3, 0.4) is 0 Å². The van der Waals surface area contributed by atoms with Crippen molar-refractivity contribution in [3.05, 3.63) is 30.6 Å². The molecule has 0 spiro atoms. The molecule has 1 aliphatic heterocycles. The minimum Gasteiger partial charge on any atom is -0.347 e. The molecule has 0 amide bonds. The molecule has 7 nitrogen and oxygen atoms in total. The molecule has 0 unspecified atom stereocenters. The van der Waals surface area contributed by atoms with Gasteiger partial charge in [0.25, 0.3) is 0 Å². The van der Waals surface area contributed by atoms with E-state index in [1.165, 1.54) is 6.33 Å². The van der Waals surface area contributed by atoms with Crippen LogP contribution >= 0.6 is 0 Å². The summed E-state index contributed by atoms with van der Waals surface area (Å²) in [5.41, 5.74) is 2.52. The Balaban J connectivity index is 1.86. The van der Waals surface area contributed by atoms with Gasteiger partial charge < -0.3 is 14.9 Å². The fourth-order valence-electron chi connectivity index (χ4n) is 1.97. The smallest absolute Gasteiger partial charge is 0.145 e. The van der Waals surface area contributed by atoms with Gasteiger partial charge in [-0.3, -0.25) is 0 Å². The van der Waals surface area contributed by atoms with E-state index in [0.717, 1.165) is 31.3 Å². The van der Waals surface area contributed by atoms with E-state index < -0.39 is 0 Å². The molecular weight excluding hydrogens is 218 g/mol. The molecule has 2 aromatic rings. The molecule has 2 aromatic heterocycles. The summed E-state index contributed by atoms with van der Waals surface area (Å²) in [6.07, 6.45) is 5.33. The lowest BCUT2D eigenvalue weighted by molar-refractivity contribution is 0.556. The first-order valence-corrected chi connectivity index (χ1v) is 5.40. The van der Waals surface area contributed by atoms with Crippen molar-refractivity contribution >= 4 is 11.6 Å². The molecule has 0 aromatic carbocycles. The second-order valence-corrected chi connectivity index (χ2v) is 3.86. The van der Waals surface area contributed by atoms with Crippen molar-refractivity contribution in [1.82, 2.24) is 19.5 Å². The van der Waals surface area contributed by atoms with E-state index in [9.17, 15) is 0 Å². The van der Waals surface area contributed by atoms with Gasteiger partial charge >= 0.3 is 0 Å². The number of fused-ring (bicyclic) bond motifs is 1. The molecule has 0 bridgehead atoms. The van der Waals surface area contributed by atoms with E-state index in [-0.39, 0.29) is 0 Å². The van der Waals surface area contributed by atoms with Crippen LogP contribution in [0.5, 0.6) is 0 Å². The zero-order chi connectivity index (χ0) is 11.7. The Morgan fingerprint density at radius 1 is 1.24 bits per heavy atom. The number of imidazole rings is 1. The van der Waals surface area contributed by atoms with Crippen molar-refractivity contribution in [1.29, 1.82) is 0 Å². The van der Waals surface area contributed by atoms with Gasteiger partial charge in [-0.05, 0) is 0 Å². The quantitative estimate of drug-likeness (QED) is 0.558. The molecule has 0 saturated heterocycles. The molecule has 17 heavy (non-hydrogen) atoms. The molecule has 0 saturated carbocycles. The number of nitrogens with two attached hydrogens (primary N) is 1. The Morgan fingerprint density at radius 2 is 2.18 bits per heavy atom. The average Bonchev–Trinajstić information content (AvgIpc) is 2.86. The van der Waals surface area contributed by atoms with Gasteiger partial charge in [-0.15, -0.1) is 0 Å². The first-order valence-electron chi connectivity index (χ1n) is 5.40. The standard InChI is InChI=1S/C10H13N7/c11-15-8-5-9(14-7-13-8)17-4-3-16-2-1-12-10(16)6-17/h1-2,5,7H,3-4,6,11H2,(H,13,14,15). The van der Waals surface area contributed by atoms with Crippen molar-refractivity contribution in [2.45, 2.75) is 13.1 Å². The number of anilines is 2. The summed E-state index contributed by atoms with van der Waals surface area (Å²) >= 11 is 0. The molecule has 7 heteroatoms. The monoisotopic (exact) mass is 231 g/mol. The fourth-order valence-corrected chi connectivity index (χ4v) is 1.97. The van der Waals surface area contributed by atoms with Crippen LogP contribution in [0.1, 0.15) is 5.82 Å². The average molecular weight is 231 g/mol. The molecule has 0 atom stereocenters. The summed E-state index contributed by atoms with van der Waals surface area (Å²) in [7, 11) is 0. The molecule has 1 aliphatic rings. The first kappa shape index (κ1) is 10.0. The number of nitrogens with zero attached hydrogens (tertiary/aromatic N) is 5. The number of nitrogens with one attached hydrogen (secondary N) is 1. The van der Waals surface area contributed by atoms with Crippen LogP contribution in [-0.4, -0.2) is 26.1 Å². The molecule has 3 heterocycles. The van der Waals surface area contributed by atoms with Gasteiger partial charge in [-0.25, -0.2) is 20.8 Å². The topological polar surface area (TPSA) is 84.9 Å². The van der Waals surface area contributed by atoms with Crippen LogP contribution in [0.25, 0.3) is 0 Å². The summed E-state index contributed by atoms with van der Waals surface area (Å²) in [4.78, 5) is 14.7. The van der Waals surface area contributed by atoms with Crippen molar-refractivity contribution in [3.8, 4) is 0 Å². The Morgan fingerprint density at radius 3 is 3.06 bits per heavy atom. The summed E-state index contributed by atoms with van der Waals surface area (Å²) in [5, 5.41) is 0. The van der Waals surface area contributed by atoms with Gasteiger partial charge in [-0.2, -0.15) is 0 Å². The van der Waals surface area contributed by atoms with Gasteiger partial charge in [0.2, 0.25) is 0 Å². The van der Waals surface area contributed by atoms with E-state index in [2.05, 4.69) is 29.8 Å². The highest BCUT2D eigenvalue weighted by molar-refractivity contribution is 5.48. The van der Waals surface area contributed by atoms with Crippen LogP contribution in [0.2, 0.25) is 0 Å². The third-order valence-electron chi connectivity index (χ3n) is 2.87. The highest BCUT2D eigenvalue weighted by atomic mass is 15.3. The highest BCUT2D eigenvalue weighted by Crippen LogP contribution is 2.19. The Bertz CT molecular complexity index is 521. The zero-order valence-electron chi connectivity index (χ0n) is 9.24. The van der Waals surface area contributed by atoms with Crippen LogP contribution in [0.4, 0.5) is 11.6 Å². The Hall–Kier alpha value is -2.15. The second-order valence-electron chi connectivity index (χ2n) is 3.86. The van der Waals surface area contributed by atoms with Crippen molar-refractivity contribution < 1.29 is 0 Å². The fraction of sp³-hybridized carbons (Fsp3) is 0.300. The number of hydrogen-bond donors (Lipinski definition) is 2. The minimum atomic E-state index is 0.615. The third kappa shape index (κ3) is 1.80. The Kier molecular flexibility index (Phi) is 2.37. The number of nitrogen functional groups attached to an aromatic ring is 1. The number of hydrogen-bond acceptors (Lipinski definition) is 6. The van der Waals surface area contributed by atoms with Gasteiger partial charge in [0.15, 0.2) is 0 Å². The van der Waals surface area contributed by atoms with Crippen LogP contribution in [-0.2, 0) is 13.1 Å². The molecule has 3 N–H and O–H groups in total.